The van der Waals surface area contributed by atoms with Crippen molar-refractivity contribution in [3.8, 4) is 11.3 Å². The number of benzene rings is 2. The van der Waals surface area contributed by atoms with Crippen molar-refractivity contribution in [1.82, 2.24) is 14.6 Å². The molecule has 0 saturated heterocycles. The fraction of sp³-hybridized carbons (Fsp3) is 0.143. The number of non-ortho nitro benzene ring substituents is 1. The normalized spacial score (nSPS) is 10.8. The third-order valence-corrected chi connectivity index (χ3v) is 5.43. The highest BCUT2D eigenvalue weighted by molar-refractivity contribution is 7.15. The first kappa shape index (κ1) is 20.4. The molecular weight excluding hydrogens is 418 g/mol. The number of amides is 1. The number of rotatable bonds is 8. The standard InChI is InChI=1S/C21H17N5O4S/c27-18(15-5-2-1-3-6-15)7-4-8-19(28)22-20-23-21-25(24-20)17(13-31-21)14-9-11-16(12-10-14)26(29)30/h1-3,5-6,9-13H,4,7-8H2,(H,22,24,28). The van der Waals surface area contributed by atoms with Gasteiger partial charge in [0.15, 0.2) is 5.78 Å². The number of carbonyl (C=O) groups excluding carboxylic acids is 2. The summed E-state index contributed by atoms with van der Waals surface area (Å²) in [4.78, 5) is 39.6. The summed E-state index contributed by atoms with van der Waals surface area (Å²) in [6.07, 6.45) is 0.893. The Morgan fingerprint density at radius 1 is 1.06 bits per heavy atom. The van der Waals surface area contributed by atoms with Crippen LogP contribution < -0.4 is 5.32 Å². The van der Waals surface area contributed by atoms with E-state index in [0.29, 0.717) is 16.9 Å². The number of carbonyl (C=O) groups is 2. The minimum Gasteiger partial charge on any atom is -0.294 e. The van der Waals surface area contributed by atoms with Crippen molar-refractivity contribution in [3.05, 3.63) is 75.7 Å². The molecule has 31 heavy (non-hydrogen) atoms. The number of nitro benzene ring substituents is 1. The quantitative estimate of drug-likeness (QED) is 0.249. The molecule has 156 valence electrons. The lowest BCUT2D eigenvalue weighted by Crippen LogP contribution is -2.13. The van der Waals surface area contributed by atoms with Crippen LogP contribution in [0.3, 0.4) is 0 Å². The van der Waals surface area contributed by atoms with Gasteiger partial charge in [-0.15, -0.1) is 16.4 Å². The van der Waals surface area contributed by atoms with Crippen LogP contribution >= 0.6 is 11.3 Å². The van der Waals surface area contributed by atoms with Crippen molar-refractivity contribution < 1.29 is 14.5 Å². The van der Waals surface area contributed by atoms with Crippen molar-refractivity contribution in [2.24, 2.45) is 0 Å². The molecule has 9 nitrogen and oxygen atoms in total. The number of anilines is 1. The Hall–Kier alpha value is -3.92. The lowest BCUT2D eigenvalue weighted by atomic mass is 10.1. The zero-order chi connectivity index (χ0) is 21.8. The molecule has 2 aromatic heterocycles. The second-order valence-electron chi connectivity index (χ2n) is 6.75. The van der Waals surface area contributed by atoms with Crippen LogP contribution in [-0.4, -0.2) is 31.2 Å². The first-order valence-corrected chi connectivity index (χ1v) is 10.4. The van der Waals surface area contributed by atoms with Crippen LogP contribution in [0.15, 0.2) is 60.0 Å². The first-order chi connectivity index (χ1) is 15.0. The van der Waals surface area contributed by atoms with Crippen LogP contribution in [-0.2, 0) is 4.79 Å². The molecule has 0 aliphatic heterocycles. The molecule has 0 fully saturated rings. The van der Waals surface area contributed by atoms with E-state index in [4.69, 9.17) is 0 Å². The highest BCUT2D eigenvalue weighted by atomic mass is 32.1. The van der Waals surface area contributed by atoms with E-state index >= 15 is 0 Å². The number of nitro groups is 1. The van der Waals surface area contributed by atoms with Crippen molar-refractivity contribution in [2.75, 3.05) is 5.32 Å². The Kier molecular flexibility index (Phi) is 5.80. The predicted octanol–water partition coefficient (Wildman–Crippen LogP) is 4.36. The molecule has 0 atom stereocenters. The monoisotopic (exact) mass is 435 g/mol. The molecule has 1 amide bonds. The molecule has 4 rings (SSSR count). The van der Waals surface area contributed by atoms with Crippen molar-refractivity contribution in [3.63, 3.8) is 0 Å². The Morgan fingerprint density at radius 3 is 2.52 bits per heavy atom. The fourth-order valence-corrected chi connectivity index (χ4v) is 3.88. The van der Waals surface area contributed by atoms with E-state index in [1.807, 2.05) is 11.4 Å². The average Bonchev–Trinajstić information content (AvgIpc) is 3.34. The largest absolute Gasteiger partial charge is 0.294 e. The van der Waals surface area contributed by atoms with Crippen molar-refractivity contribution >= 4 is 39.6 Å². The highest BCUT2D eigenvalue weighted by Crippen LogP contribution is 2.27. The summed E-state index contributed by atoms with van der Waals surface area (Å²) in [5, 5.41) is 19.6. The van der Waals surface area contributed by atoms with Gasteiger partial charge in [-0.2, -0.15) is 4.98 Å². The number of hydrogen-bond donors (Lipinski definition) is 1. The van der Waals surface area contributed by atoms with E-state index in [1.54, 1.807) is 40.9 Å². The molecule has 0 spiro atoms. The minimum atomic E-state index is -0.455. The summed E-state index contributed by atoms with van der Waals surface area (Å²) >= 11 is 1.35. The molecule has 2 aromatic carbocycles. The number of ketones is 1. The molecule has 0 saturated carbocycles. The Bertz CT molecular complexity index is 1250. The molecule has 4 aromatic rings. The van der Waals surface area contributed by atoms with E-state index in [-0.39, 0.29) is 36.2 Å². The number of thiazole rings is 1. The molecule has 0 unspecified atom stereocenters. The maximum Gasteiger partial charge on any atom is 0.269 e. The minimum absolute atomic E-state index is 0.00164. The van der Waals surface area contributed by atoms with Gasteiger partial charge in [0.05, 0.1) is 10.6 Å². The van der Waals surface area contributed by atoms with Gasteiger partial charge in [0.2, 0.25) is 16.8 Å². The van der Waals surface area contributed by atoms with E-state index < -0.39 is 4.92 Å². The van der Waals surface area contributed by atoms with E-state index in [2.05, 4.69) is 15.4 Å². The summed E-state index contributed by atoms with van der Waals surface area (Å²) in [5.41, 5.74) is 2.11. The molecule has 0 aliphatic rings. The van der Waals surface area contributed by atoms with Gasteiger partial charge in [-0.25, -0.2) is 4.52 Å². The Balaban J connectivity index is 1.37. The van der Waals surface area contributed by atoms with Crippen LogP contribution in [0.5, 0.6) is 0 Å². The van der Waals surface area contributed by atoms with Crippen LogP contribution in [0.25, 0.3) is 16.2 Å². The lowest BCUT2D eigenvalue weighted by molar-refractivity contribution is -0.384. The van der Waals surface area contributed by atoms with Gasteiger partial charge in [-0.3, -0.25) is 25.0 Å². The first-order valence-electron chi connectivity index (χ1n) is 9.48. The van der Waals surface area contributed by atoms with Crippen molar-refractivity contribution in [2.45, 2.75) is 19.3 Å². The van der Waals surface area contributed by atoms with Gasteiger partial charge in [0, 0.05) is 41.5 Å². The number of aromatic nitrogens is 3. The van der Waals surface area contributed by atoms with E-state index in [9.17, 15) is 19.7 Å². The number of fused-ring (bicyclic) bond motifs is 1. The zero-order valence-corrected chi connectivity index (χ0v) is 17.0. The lowest BCUT2D eigenvalue weighted by Gasteiger charge is -2.02. The van der Waals surface area contributed by atoms with Gasteiger partial charge in [0.25, 0.3) is 5.69 Å². The van der Waals surface area contributed by atoms with E-state index in [0.717, 1.165) is 11.3 Å². The molecule has 0 bridgehead atoms. The highest BCUT2D eigenvalue weighted by Gasteiger charge is 2.15. The van der Waals surface area contributed by atoms with Crippen LogP contribution in [0.1, 0.15) is 29.6 Å². The summed E-state index contributed by atoms with van der Waals surface area (Å²) in [6, 6.07) is 15.1. The third-order valence-electron chi connectivity index (χ3n) is 4.61. The van der Waals surface area contributed by atoms with Gasteiger partial charge in [0.1, 0.15) is 0 Å². The summed E-state index contributed by atoms with van der Waals surface area (Å²) < 4.78 is 1.58. The number of Topliss-reactive ketones (excluding diaryl/α,β-unsaturated/α-hetero) is 1. The number of hydrogen-bond acceptors (Lipinski definition) is 7. The van der Waals surface area contributed by atoms with Gasteiger partial charge >= 0.3 is 0 Å². The Morgan fingerprint density at radius 2 is 1.81 bits per heavy atom. The topological polar surface area (TPSA) is 120 Å². The van der Waals surface area contributed by atoms with Crippen LogP contribution in [0.2, 0.25) is 0 Å². The maximum absolute atomic E-state index is 12.2. The fourth-order valence-electron chi connectivity index (χ4n) is 3.05. The Labute approximate surface area is 180 Å². The van der Waals surface area contributed by atoms with Gasteiger partial charge < -0.3 is 0 Å². The second-order valence-corrected chi connectivity index (χ2v) is 7.58. The third kappa shape index (κ3) is 4.64. The number of nitrogens with zero attached hydrogens (tertiary/aromatic N) is 4. The molecule has 2 heterocycles. The molecule has 10 heteroatoms. The summed E-state index contributed by atoms with van der Waals surface area (Å²) in [7, 11) is 0. The average molecular weight is 435 g/mol. The SMILES string of the molecule is O=C(CCCC(=O)c1ccccc1)Nc1nc2scc(-c3ccc([N+](=O)[O-])cc3)n2n1. The zero-order valence-electron chi connectivity index (χ0n) is 16.2. The molecule has 1 N–H and O–H groups in total. The molecule has 0 radical (unpaired) electrons. The van der Waals surface area contributed by atoms with Gasteiger partial charge in [-0.1, -0.05) is 30.3 Å². The smallest absolute Gasteiger partial charge is 0.269 e. The second kappa shape index (κ2) is 8.84. The number of nitrogens with one attached hydrogen (secondary N) is 1. The van der Waals surface area contributed by atoms with Crippen LogP contribution in [0, 0.1) is 10.1 Å². The summed E-state index contributed by atoms with van der Waals surface area (Å²) in [6.45, 7) is 0. The maximum atomic E-state index is 12.2. The molecule has 0 aliphatic carbocycles. The summed E-state index contributed by atoms with van der Waals surface area (Å²) in [5.74, 6) is -0.0906. The van der Waals surface area contributed by atoms with E-state index in [1.165, 1.54) is 23.5 Å². The van der Waals surface area contributed by atoms with Crippen molar-refractivity contribution in [1.29, 1.82) is 0 Å². The molecular formula is C21H17N5O4S. The van der Waals surface area contributed by atoms with Gasteiger partial charge in [-0.05, 0) is 18.6 Å². The predicted molar refractivity (Wildman–Crippen MR) is 116 cm³/mol. The van der Waals surface area contributed by atoms with Crippen LogP contribution in [0.4, 0.5) is 11.6 Å².